The Labute approximate surface area is 123 Å². The quantitative estimate of drug-likeness (QED) is 0.619. The van der Waals surface area contributed by atoms with Gasteiger partial charge in [0.2, 0.25) is 6.28 Å². The predicted octanol–water partition coefficient (Wildman–Crippen LogP) is 2.14. The third-order valence-electron chi connectivity index (χ3n) is 6.28. The molecule has 0 aromatic carbocycles. The van der Waals surface area contributed by atoms with Gasteiger partial charge in [0.15, 0.2) is 0 Å². The maximum absolute atomic E-state index is 12.1. The summed E-state index contributed by atoms with van der Waals surface area (Å²) in [5, 5.41) is 2.50. The molecule has 0 unspecified atom stereocenters. The molecule has 1 aliphatic carbocycles. The van der Waals surface area contributed by atoms with Gasteiger partial charge in [-0.05, 0) is 5.92 Å². The Hall–Kier alpha value is -0.505. The maximum atomic E-state index is 12.1. The number of esters is 1. The van der Waals surface area contributed by atoms with Crippen LogP contribution in [0.15, 0.2) is 0 Å². The van der Waals surface area contributed by atoms with Crippen molar-refractivity contribution in [2.45, 2.75) is 64.5 Å². The molecule has 0 spiro atoms. The van der Waals surface area contributed by atoms with E-state index in [0.717, 1.165) is 24.2 Å². The third kappa shape index (κ3) is 2.76. The lowest BCUT2D eigenvalue weighted by atomic mass is 9.18. The summed E-state index contributed by atoms with van der Waals surface area (Å²) in [7, 11) is 1.54. The summed E-state index contributed by atoms with van der Waals surface area (Å²) in [6.07, 6.45) is 9.20. The first-order valence-electron chi connectivity index (χ1n) is 8.64. The minimum atomic E-state index is -0.376. The van der Waals surface area contributed by atoms with Gasteiger partial charge in [0.25, 0.3) is 0 Å². The van der Waals surface area contributed by atoms with Crippen LogP contribution in [-0.4, -0.2) is 25.4 Å². The average Bonchev–Trinajstić information content (AvgIpc) is 2.34. The van der Waals surface area contributed by atoms with Gasteiger partial charge in [-0.3, -0.25) is 0 Å². The molecule has 2 N–H and O–H groups in total. The van der Waals surface area contributed by atoms with E-state index in [1.807, 2.05) is 0 Å². The fourth-order valence-corrected chi connectivity index (χ4v) is 6.20. The van der Waals surface area contributed by atoms with Crippen LogP contribution < -0.4 is 5.23 Å². The number of nitrogens with two attached hydrogens (primary N) is 1. The van der Waals surface area contributed by atoms with Crippen molar-refractivity contribution in [3.8, 4) is 0 Å². The van der Waals surface area contributed by atoms with Crippen molar-refractivity contribution in [3.05, 3.63) is 0 Å². The Bertz CT molecular complexity index is 347. The fourth-order valence-electron chi connectivity index (χ4n) is 6.20. The summed E-state index contributed by atoms with van der Waals surface area (Å²) in [4.78, 5) is 12.1. The minimum absolute atomic E-state index is 0.00341. The second-order valence-corrected chi connectivity index (χ2v) is 8.54. The van der Waals surface area contributed by atoms with Gasteiger partial charge in [-0.2, -0.15) is 0 Å². The molecule has 114 valence electrons. The van der Waals surface area contributed by atoms with Crippen molar-refractivity contribution in [1.29, 1.82) is 0 Å². The van der Waals surface area contributed by atoms with Gasteiger partial charge >= 0.3 is 5.97 Å². The maximum Gasteiger partial charge on any atom is 0.360 e. The second kappa shape index (κ2) is 5.36. The van der Waals surface area contributed by atoms with Crippen LogP contribution in [0.1, 0.15) is 39.5 Å². The van der Waals surface area contributed by atoms with Crippen molar-refractivity contribution in [3.63, 3.8) is 0 Å². The standard InChI is InChI=1S/C16H30BNO2/c1-11(2)4-15(16(19)20-3)18-17-8-12-5-13(9-17)7-14(6-12)10-17/h11-15H,4-10,18H2,1-3H3/t12?,13?,14?,15-,17?/m0/s1. The van der Waals surface area contributed by atoms with E-state index in [4.69, 9.17) is 4.74 Å². The van der Waals surface area contributed by atoms with Gasteiger partial charge in [0, 0.05) is 6.42 Å². The first kappa shape index (κ1) is 14.4. The van der Waals surface area contributed by atoms with E-state index >= 15 is 0 Å². The van der Waals surface area contributed by atoms with Crippen molar-refractivity contribution in [2.75, 3.05) is 7.11 Å². The number of ether oxygens (including phenoxy) is 1. The summed E-state index contributed by atoms with van der Waals surface area (Å²) in [6, 6.07) is 0.0382. The molecule has 4 aliphatic rings. The molecule has 20 heavy (non-hydrogen) atoms. The molecule has 1 saturated carbocycles. The van der Waals surface area contributed by atoms with Gasteiger partial charge in [-0.1, -0.05) is 50.9 Å². The van der Waals surface area contributed by atoms with Crippen LogP contribution >= 0.6 is 0 Å². The molecule has 4 heteroatoms. The van der Waals surface area contributed by atoms with Gasteiger partial charge in [-0.25, -0.2) is 4.79 Å². The number of carbonyl (C=O) groups is 1. The highest BCUT2D eigenvalue weighted by Crippen LogP contribution is 2.53. The molecule has 3 heterocycles. The lowest BCUT2D eigenvalue weighted by molar-refractivity contribution is -0.567. The molecule has 3 aliphatic heterocycles. The van der Waals surface area contributed by atoms with E-state index in [0.29, 0.717) is 5.92 Å². The Morgan fingerprint density at radius 3 is 2.05 bits per heavy atom. The average molecular weight is 279 g/mol. The zero-order valence-electron chi connectivity index (χ0n) is 13.3. The van der Waals surface area contributed by atoms with Crippen LogP contribution in [0.25, 0.3) is 0 Å². The number of carbonyl (C=O) groups excluding carboxylic acids is 1. The molecule has 3 nitrogen and oxygen atoms in total. The molecular weight excluding hydrogens is 249 g/mol. The molecule has 3 saturated heterocycles. The van der Waals surface area contributed by atoms with Crippen LogP contribution in [-0.2, 0) is 9.53 Å². The van der Waals surface area contributed by atoms with Crippen LogP contribution in [0.2, 0.25) is 19.0 Å². The summed E-state index contributed by atoms with van der Waals surface area (Å²) in [5.41, 5.74) is 0. The number of rotatable bonds is 5. The monoisotopic (exact) mass is 279 g/mol. The second-order valence-electron chi connectivity index (χ2n) is 8.54. The van der Waals surface area contributed by atoms with E-state index in [-0.39, 0.29) is 18.3 Å². The SMILES string of the molecule is COC(=O)[C@H](CC(C)C)[NH2+][B-]12CC3CC(CC(C3)C1)C2. The first-order chi connectivity index (χ1) is 9.49. The number of hydrogen-bond donors (Lipinski definition) is 1. The van der Waals surface area contributed by atoms with Gasteiger partial charge in [0.1, 0.15) is 6.04 Å². The smallest absolute Gasteiger partial charge is 0.360 e. The van der Waals surface area contributed by atoms with Gasteiger partial charge in [-0.15, -0.1) is 19.0 Å². The molecule has 0 aromatic heterocycles. The van der Waals surface area contributed by atoms with Crippen LogP contribution in [0, 0.1) is 23.7 Å². The lowest BCUT2D eigenvalue weighted by Gasteiger charge is -2.59. The van der Waals surface area contributed by atoms with Crippen molar-refractivity contribution in [2.24, 2.45) is 23.7 Å². The normalized spacial score (nSPS) is 40.1. The van der Waals surface area contributed by atoms with Crippen molar-refractivity contribution in [1.82, 2.24) is 0 Å². The van der Waals surface area contributed by atoms with Gasteiger partial charge < -0.3 is 9.96 Å². The number of hydrogen-bond acceptors (Lipinski definition) is 2. The topological polar surface area (TPSA) is 42.9 Å². The lowest BCUT2D eigenvalue weighted by Crippen LogP contribution is -3.06. The van der Waals surface area contributed by atoms with E-state index in [1.165, 1.54) is 45.3 Å². The molecule has 0 aromatic rings. The molecule has 4 rings (SSSR count). The summed E-state index contributed by atoms with van der Waals surface area (Å²) >= 11 is 0. The van der Waals surface area contributed by atoms with E-state index in [2.05, 4.69) is 19.1 Å². The highest BCUT2D eigenvalue weighted by molar-refractivity contribution is 6.72. The Morgan fingerprint density at radius 2 is 1.65 bits per heavy atom. The number of quaternary nitrogens is 1. The zero-order chi connectivity index (χ0) is 14.3. The fraction of sp³-hybridized carbons (Fsp3) is 0.938. The van der Waals surface area contributed by atoms with Crippen molar-refractivity contribution < 1.29 is 14.8 Å². The molecule has 0 radical (unpaired) electrons. The highest BCUT2D eigenvalue weighted by atomic mass is 16.5. The minimum Gasteiger partial charge on any atom is -0.525 e. The van der Waals surface area contributed by atoms with Crippen LogP contribution in [0.5, 0.6) is 0 Å². The molecule has 4 fully saturated rings. The molecule has 1 atom stereocenters. The van der Waals surface area contributed by atoms with E-state index < -0.39 is 0 Å². The largest absolute Gasteiger partial charge is 0.525 e. The predicted molar refractivity (Wildman–Crippen MR) is 81.7 cm³/mol. The first-order valence-corrected chi connectivity index (χ1v) is 8.64. The molecule has 4 bridgehead atoms. The zero-order valence-corrected chi connectivity index (χ0v) is 13.3. The van der Waals surface area contributed by atoms with E-state index in [9.17, 15) is 4.79 Å². The van der Waals surface area contributed by atoms with Crippen molar-refractivity contribution >= 4 is 12.3 Å². The summed E-state index contributed by atoms with van der Waals surface area (Å²) in [6.45, 7) is 4.41. The van der Waals surface area contributed by atoms with Gasteiger partial charge in [0.05, 0.1) is 7.11 Å². The van der Waals surface area contributed by atoms with Crippen LogP contribution in [0.3, 0.4) is 0 Å². The third-order valence-corrected chi connectivity index (χ3v) is 6.28. The Morgan fingerprint density at radius 1 is 1.15 bits per heavy atom. The summed E-state index contributed by atoms with van der Waals surface area (Å²) < 4.78 is 5.07. The molecular formula is C16H30BNO2. The number of methoxy groups -OCH3 is 1. The molecule has 0 amide bonds. The van der Waals surface area contributed by atoms with Crippen LogP contribution in [0.4, 0.5) is 0 Å². The van der Waals surface area contributed by atoms with E-state index in [1.54, 1.807) is 0 Å². The Balaban J connectivity index is 1.72. The highest BCUT2D eigenvalue weighted by Gasteiger charge is 2.51. The summed E-state index contributed by atoms with van der Waals surface area (Å²) in [5.74, 6) is 3.45. The Kier molecular flexibility index (Phi) is 3.87.